The lowest BCUT2D eigenvalue weighted by Gasteiger charge is -2.06. The third-order valence-corrected chi connectivity index (χ3v) is 2.08. The molecule has 1 heterocycles. The van der Waals surface area contributed by atoms with Crippen molar-refractivity contribution >= 4 is 0 Å². The Kier molecular flexibility index (Phi) is 2.11. The summed E-state index contributed by atoms with van der Waals surface area (Å²) in [5, 5.41) is 9.52. The SMILES string of the molecule is OC(Cc1ccccc1)C1CO1. The summed E-state index contributed by atoms with van der Waals surface area (Å²) < 4.78 is 4.99. The third-order valence-electron chi connectivity index (χ3n) is 2.08. The van der Waals surface area contributed by atoms with Gasteiger partial charge >= 0.3 is 0 Å². The maximum Gasteiger partial charge on any atom is 0.107 e. The lowest BCUT2D eigenvalue weighted by atomic mass is 10.1. The molecule has 0 bridgehead atoms. The summed E-state index contributed by atoms with van der Waals surface area (Å²) in [5.41, 5.74) is 1.17. The number of hydrogen-bond donors (Lipinski definition) is 1. The minimum Gasteiger partial charge on any atom is -0.390 e. The fourth-order valence-electron chi connectivity index (χ4n) is 1.26. The van der Waals surface area contributed by atoms with Gasteiger partial charge in [-0.3, -0.25) is 0 Å². The summed E-state index contributed by atoms with van der Waals surface area (Å²) in [7, 11) is 0. The Labute approximate surface area is 71.8 Å². The van der Waals surface area contributed by atoms with Gasteiger partial charge in [0.25, 0.3) is 0 Å². The fourth-order valence-corrected chi connectivity index (χ4v) is 1.26. The van der Waals surface area contributed by atoms with E-state index in [1.165, 1.54) is 5.56 Å². The van der Waals surface area contributed by atoms with E-state index in [-0.39, 0.29) is 12.2 Å². The predicted molar refractivity (Wildman–Crippen MR) is 45.9 cm³/mol. The molecule has 2 unspecified atom stereocenters. The topological polar surface area (TPSA) is 32.8 Å². The van der Waals surface area contributed by atoms with Crippen LogP contribution in [0.5, 0.6) is 0 Å². The zero-order chi connectivity index (χ0) is 8.39. The first-order valence-electron chi connectivity index (χ1n) is 4.20. The largest absolute Gasteiger partial charge is 0.390 e. The monoisotopic (exact) mass is 164 g/mol. The highest BCUT2D eigenvalue weighted by atomic mass is 16.6. The van der Waals surface area contributed by atoms with Gasteiger partial charge in [0.1, 0.15) is 6.10 Å². The standard InChI is InChI=1S/C10H12O2/c11-9(10-7-12-10)6-8-4-2-1-3-5-8/h1-5,9-11H,6-7H2. The minimum atomic E-state index is -0.326. The molecule has 1 aliphatic heterocycles. The number of aliphatic hydroxyl groups is 1. The van der Waals surface area contributed by atoms with Crippen LogP contribution in [-0.2, 0) is 11.2 Å². The van der Waals surface area contributed by atoms with E-state index in [0.29, 0.717) is 13.0 Å². The van der Waals surface area contributed by atoms with Crippen LogP contribution in [0.15, 0.2) is 30.3 Å². The molecule has 1 fully saturated rings. The summed E-state index contributed by atoms with van der Waals surface area (Å²) >= 11 is 0. The predicted octanol–water partition coefficient (Wildman–Crippen LogP) is 0.989. The van der Waals surface area contributed by atoms with Crippen LogP contribution in [0.3, 0.4) is 0 Å². The van der Waals surface area contributed by atoms with Crippen molar-refractivity contribution < 1.29 is 9.84 Å². The molecule has 0 amide bonds. The van der Waals surface area contributed by atoms with Gasteiger partial charge in [0.05, 0.1) is 12.7 Å². The molecule has 0 aliphatic carbocycles. The van der Waals surface area contributed by atoms with Crippen molar-refractivity contribution in [1.29, 1.82) is 0 Å². The Bertz CT molecular complexity index is 241. The highest BCUT2D eigenvalue weighted by molar-refractivity contribution is 5.16. The van der Waals surface area contributed by atoms with E-state index in [1.54, 1.807) is 0 Å². The Morgan fingerprint density at radius 1 is 1.42 bits per heavy atom. The Morgan fingerprint density at radius 2 is 2.08 bits per heavy atom. The first-order valence-corrected chi connectivity index (χ1v) is 4.20. The number of epoxide rings is 1. The molecule has 1 N–H and O–H groups in total. The number of ether oxygens (including phenoxy) is 1. The van der Waals surface area contributed by atoms with Gasteiger partial charge in [-0.2, -0.15) is 0 Å². The van der Waals surface area contributed by atoms with Gasteiger partial charge in [0, 0.05) is 6.42 Å². The van der Waals surface area contributed by atoms with Gasteiger partial charge in [0.2, 0.25) is 0 Å². The molecule has 64 valence electrons. The number of rotatable bonds is 3. The van der Waals surface area contributed by atoms with E-state index in [0.717, 1.165) is 0 Å². The Hall–Kier alpha value is -0.860. The van der Waals surface area contributed by atoms with Crippen molar-refractivity contribution in [1.82, 2.24) is 0 Å². The number of benzene rings is 1. The maximum absolute atomic E-state index is 9.52. The van der Waals surface area contributed by atoms with Crippen LogP contribution in [0.4, 0.5) is 0 Å². The minimum absolute atomic E-state index is 0.0882. The second kappa shape index (κ2) is 3.25. The summed E-state index contributed by atoms with van der Waals surface area (Å²) in [5.74, 6) is 0. The van der Waals surface area contributed by atoms with E-state index < -0.39 is 0 Å². The smallest absolute Gasteiger partial charge is 0.107 e. The highest BCUT2D eigenvalue weighted by Crippen LogP contribution is 2.17. The van der Waals surface area contributed by atoms with Gasteiger partial charge in [-0.15, -0.1) is 0 Å². The molecule has 0 saturated carbocycles. The second-order valence-electron chi connectivity index (χ2n) is 3.13. The molecule has 2 atom stereocenters. The molecule has 2 rings (SSSR count). The molecule has 2 nitrogen and oxygen atoms in total. The van der Waals surface area contributed by atoms with Crippen molar-refractivity contribution in [2.45, 2.75) is 18.6 Å². The Balaban J connectivity index is 1.94. The van der Waals surface area contributed by atoms with Gasteiger partial charge in [-0.25, -0.2) is 0 Å². The molecule has 1 aromatic carbocycles. The van der Waals surface area contributed by atoms with Gasteiger partial charge in [-0.1, -0.05) is 30.3 Å². The molecule has 1 aliphatic rings. The van der Waals surface area contributed by atoms with Crippen molar-refractivity contribution in [2.75, 3.05) is 6.61 Å². The van der Waals surface area contributed by atoms with E-state index in [2.05, 4.69) is 0 Å². The van der Waals surface area contributed by atoms with Crippen LogP contribution in [0.25, 0.3) is 0 Å². The van der Waals surface area contributed by atoms with Crippen LogP contribution in [0.2, 0.25) is 0 Å². The van der Waals surface area contributed by atoms with Crippen LogP contribution in [0, 0.1) is 0 Å². The molecule has 0 aromatic heterocycles. The van der Waals surface area contributed by atoms with Crippen LogP contribution >= 0.6 is 0 Å². The van der Waals surface area contributed by atoms with E-state index in [1.807, 2.05) is 30.3 Å². The zero-order valence-electron chi connectivity index (χ0n) is 6.81. The van der Waals surface area contributed by atoms with Gasteiger partial charge < -0.3 is 9.84 Å². The second-order valence-corrected chi connectivity index (χ2v) is 3.13. The Morgan fingerprint density at radius 3 is 2.67 bits per heavy atom. The molecular weight excluding hydrogens is 152 g/mol. The van der Waals surface area contributed by atoms with E-state index in [9.17, 15) is 5.11 Å². The third kappa shape index (κ3) is 1.84. The van der Waals surface area contributed by atoms with E-state index >= 15 is 0 Å². The molecule has 0 radical (unpaired) electrons. The molecule has 1 aromatic rings. The lowest BCUT2D eigenvalue weighted by Crippen LogP contribution is -2.17. The first kappa shape index (κ1) is 7.77. The van der Waals surface area contributed by atoms with Crippen molar-refractivity contribution in [3.63, 3.8) is 0 Å². The average molecular weight is 164 g/mol. The summed E-state index contributed by atoms with van der Waals surface area (Å²) in [6, 6.07) is 9.98. The summed E-state index contributed by atoms with van der Waals surface area (Å²) in [4.78, 5) is 0. The number of aliphatic hydroxyl groups excluding tert-OH is 1. The van der Waals surface area contributed by atoms with Crippen molar-refractivity contribution in [3.05, 3.63) is 35.9 Å². The van der Waals surface area contributed by atoms with Crippen molar-refractivity contribution in [3.8, 4) is 0 Å². The highest BCUT2D eigenvalue weighted by Gasteiger charge is 2.30. The lowest BCUT2D eigenvalue weighted by molar-refractivity contribution is 0.135. The normalized spacial score (nSPS) is 23.6. The zero-order valence-corrected chi connectivity index (χ0v) is 6.81. The van der Waals surface area contributed by atoms with Gasteiger partial charge in [0.15, 0.2) is 0 Å². The van der Waals surface area contributed by atoms with Gasteiger partial charge in [-0.05, 0) is 5.56 Å². The maximum atomic E-state index is 9.52. The summed E-state index contributed by atoms with van der Waals surface area (Å²) in [6.07, 6.45) is 0.462. The molecule has 0 spiro atoms. The summed E-state index contributed by atoms with van der Waals surface area (Å²) in [6.45, 7) is 0.716. The average Bonchev–Trinajstić information content (AvgIpc) is 2.88. The number of hydrogen-bond acceptors (Lipinski definition) is 2. The quantitative estimate of drug-likeness (QED) is 0.676. The van der Waals surface area contributed by atoms with Crippen LogP contribution in [0.1, 0.15) is 5.56 Å². The first-order chi connectivity index (χ1) is 5.86. The molecule has 12 heavy (non-hydrogen) atoms. The van der Waals surface area contributed by atoms with E-state index in [4.69, 9.17) is 4.74 Å². The molecule has 1 saturated heterocycles. The molecule has 2 heteroatoms. The van der Waals surface area contributed by atoms with Crippen LogP contribution in [-0.4, -0.2) is 23.9 Å². The van der Waals surface area contributed by atoms with Crippen molar-refractivity contribution in [2.24, 2.45) is 0 Å². The van der Waals surface area contributed by atoms with Crippen LogP contribution < -0.4 is 0 Å². The molecular formula is C10H12O2. The fraction of sp³-hybridized carbons (Fsp3) is 0.400.